The van der Waals surface area contributed by atoms with Gasteiger partial charge in [0.15, 0.2) is 0 Å². The lowest BCUT2D eigenvalue weighted by Crippen LogP contribution is -2.18. The molecule has 1 aromatic rings. The second kappa shape index (κ2) is 3.91. The van der Waals surface area contributed by atoms with Crippen LogP contribution in [0.3, 0.4) is 0 Å². The average Bonchev–Trinajstić information content (AvgIpc) is 2.90. The minimum Gasteiger partial charge on any atom is -0.311 e. The fraction of sp³-hybridized carbons (Fsp3) is 0.700. The first-order chi connectivity index (χ1) is 6.68. The van der Waals surface area contributed by atoms with Gasteiger partial charge in [0.25, 0.3) is 0 Å². The molecule has 1 aromatic heterocycles. The Bertz CT molecular complexity index is 328. The van der Waals surface area contributed by atoms with Crippen molar-refractivity contribution in [2.75, 3.05) is 6.54 Å². The molecule has 0 atom stereocenters. The number of rotatable bonds is 4. The van der Waals surface area contributed by atoms with E-state index in [0.29, 0.717) is 0 Å². The lowest BCUT2D eigenvalue weighted by molar-refractivity contribution is 0.598. The number of nitrogens with one attached hydrogen (secondary N) is 1. The molecule has 0 aliphatic heterocycles. The highest BCUT2D eigenvalue weighted by Gasteiger charge is 2.20. The van der Waals surface area contributed by atoms with Crippen LogP contribution in [0.15, 0.2) is 0 Å². The number of aromatic nitrogens is 2. The van der Waals surface area contributed by atoms with Crippen molar-refractivity contribution in [3.63, 3.8) is 0 Å². The van der Waals surface area contributed by atoms with Gasteiger partial charge in [0.05, 0.1) is 16.4 Å². The van der Waals surface area contributed by atoms with E-state index in [-0.39, 0.29) is 0 Å². The van der Waals surface area contributed by atoms with Gasteiger partial charge < -0.3 is 5.32 Å². The largest absolute Gasteiger partial charge is 0.311 e. The summed E-state index contributed by atoms with van der Waals surface area (Å²) in [5, 5.41) is 8.48. The molecular formula is C10H16ClN3. The van der Waals surface area contributed by atoms with Crippen LogP contribution in [0.5, 0.6) is 0 Å². The molecule has 1 aliphatic carbocycles. The highest BCUT2D eigenvalue weighted by Crippen LogP contribution is 2.28. The predicted octanol–water partition coefficient (Wildman–Crippen LogP) is 1.88. The summed E-state index contributed by atoms with van der Waals surface area (Å²) >= 11 is 6.12. The molecule has 2 rings (SSSR count). The topological polar surface area (TPSA) is 29.9 Å². The Kier molecular flexibility index (Phi) is 2.79. The molecule has 0 amide bonds. The summed E-state index contributed by atoms with van der Waals surface area (Å²) in [6.45, 7) is 3.87. The van der Waals surface area contributed by atoms with Crippen molar-refractivity contribution in [2.45, 2.75) is 26.3 Å². The van der Waals surface area contributed by atoms with Crippen LogP contribution in [0.2, 0.25) is 5.02 Å². The minimum atomic E-state index is 0.802. The molecule has 3 nitrogen and oxygen atoms in total. The molecule has 1 fully saturated rings. The minimum absolute atomic E-state index is 0.802. The maximum Gasteiger partial charge on any atom is 0.0860 e. The Morgan fingerprint density at radius 3 is 2.79 bits per heavy atom. The van der Waals surface area contributed by atoms with E-state index in [1.165, 1.54) is 12.8 Å². The van der Waals surface area contributed by atoms with E-state index in [1.54, 1.807) is 0 Å². The summed E-state index contributed by atoms with van der Waals surface area (Å²) in [7, 11) is 1.94. The van der Waals surface area contributed by atoms with Crippen LogP contribution in [0, 0.1) is 12.8 Å². The zero-order valence-corrected chi connectivity index (χ0v) is 9.43. The van der Waals surface area contributed by atoms with E-state index in [4.69, 9.17) is 11.6 Å². The van der Waals surface area contributed by atoms with Crippen molar-refractivity contribution in [1.82, 2.24) is 15.1 Å². The molecule has 0 radical (unpaired) electrons. The third-order valence-electron chi connectivity index (χ3n) is 2.68. The first-order valence-corrected chi connectivity index (χ1v) is 5.45. The third kappa shape index (κ3) is 2.10. The summed E-state index contributed by atoms with van der Waals surface area (Å²) in [6.07, 6.45) is 2.76. The van der Waals surface area contributed by atoms with Crippen LogP contribution in [-0.2, 0) is 13.6 Å². The fourth-order valence-corrected chi connectivity index (χ4v) is 1.82. The quantitative estimate of drug-likeness (QED) is 0.828. The molecule has 1 N–H and O–H groups in total. The summed E-state index contributed by atoms with van der Waals surface area (Å²) in [4.78, 5) is 0. The van der Waals surface area contributed by atoms with Crippen LogP contribution in [0.4, 0.5) is 0 Å². The standard InChI is InChI=1S/C10H16ClN3/c1-7-10(11)9(14(2)13-7)6-12-5-8-3-4-8/h8,12H,3-6H2,1-2H3. The Balaban J connectivity index is 1.93. The van der Waals surface area contributed by atoms with Crippen LogP contribution >= 0.6 is 11.6 Å². The molecule has 1 heterocycles. The maximum absolute atomic E-state index is 6.12. The molecule has 1 aliphatic rings. The van der Waals surface area contributed by atoms with E-state index in [1.807, 2.05) is 18.7 Å². The van der Waals surface area contributed by atoms with Gasteiger partial charge in [-0.15, -0.1) is 0 Å². The van der Waals surface area contributed by atoms with Gasteiger partial charge in [-0.3, -0.25) is 4.68 Å². The van der Waals surface area contributed by atoms with Gasteiger partial charge in [0, 0.05) is 13.6 Å². The van der Waals surface area contributed by atoms with Crippen LogP contribution in [0.1, 0.15) is 24.2 Å². The average molecular weight is 214 g/mol. The molecule has 0 saturated heterocycles. The Morgan fingerprint density at radius 2 is 2.29 bits per heavy atom. The van der Waals surface area contributed by atoms with Crippen molar-refractivity contribution < 1.29 is 0 Å². The van der Waals surface area contributed by atoms with Crippen molar-refractivity contribution in [1.29, 1.82) is 0 Å². The molecule has 0 aromatic carbocycles. The lowest BCUT2D eigenvalue weighted by Gasteiger charge is -2.04. The molecule has 1 saturated carbocycles. The van der Waals surface area contributed by atoms with E-state index in [9.17, 15) is 0 Å². The van der Waals surface area contributed by atoms with E-state index in [2.05, 4.69) is 10.4 Å². The summed E-state index contributed by atoms with van der Waals surface area (Å²) in [5.74, 6) is 0.906. The van der Waals surface area contributed by atoms with E-state index in [0.717, 1.165) is 35.4 Å². The predicted molar refractivity (Wildman–Crippen MR) is 57.4 cm³/mol. The smallest absolute Gasteiger partial charge is 0.0860 e. The summed E-state index contributed by atoms with van der Waals surface area (Å²) < 4.78 is 1.86. The van der Waals surface area contributed by atoms with Crippen LogP contribution < -0.4 is 5.32 Å². The first kappa shape index (κ1) is 9.99. The zero-order chi connectivity index (χ0) is 10.1. The number of aryl methyl sites for hydroxylation is 2. The molecule has 4 heteroatoms. The zero-order valence-electron chi connectivity index (χ0n) is 8.68. The molecule has 0 spiro atoms. The fourth-order valence-electron chi connectivity index (χ4n) is 1.59. The van der Waals surface area contributed by atoms with Gasteiger partial charge in [-0.1, -0.05) is 11.6 Å². The second-order valence-electron chi connectivity index (χ2n) is 4.04. The van der Waals surface area contributed by atoms with E-state index >= 15 is 0 Å². The Labute approximate surface area is 89.4 Å². The molecular weight excluding hydrogens is 198 g/mol. The third-order valence-corrected chi connectivity index (χ3v) is 3.18. The van der Waals surface area contributed by atoms with Crippen LogP contribution in [-0.4, -0.2) is 16.3 Å². The van der Waals surface area contributed by atoms with Crippen molar-refractivity contribution in [2.24, 2.45) is 13.0 Å². The molecule has 0 unspecified atom stereocenters. The normalized spacial score (nSPS) is 16.2. The van der Waals surface area contributed by atoms with E-state index < -0.39 is 0 Å². The van der Waals surface area contributed by atoms with Crippen molar-refractivity contribution in [3.8, 4) is 0 Å². The molecule has 14 heavy (non-hydrogen) atoms. The van der Waals surface area contributed by atoms with Gasteiger partial charge in [-0.05, 0) is 32.2 Å². The first-order valence-electron chi connectivity index (χ1n) is 5.07. The number of hydrogen-bond donors (Lipinski definition) is 1. The summed E-state index contributed by atoms with van der Waals surface area (Å²) in [6, 6.07) is 0. The van der Waals surface area contributed by atoms with Gasteiger partial charge >= 0.3 is 0 Å². The Morgan fingerprint density at radius 1 is 1.57 bits per heavy atom. The van der Waals surface area contributed by atoms with Gasteiger partial charge in [-0.25, -0.2) is 0 Å². The SMILES string of the molecule is Cc1nn(C)c(CNCC2CC2)c1Cl. The van der Waals surface area contributed by atoms with Gasteiger partial charge in [0.2, 0.25) is 0 Å². The second-order valence-corrected chi connectivity index (χ2v) is 4.42. The highest BCUT2D eigenvalue weighted by atomic mass is 35.5. The Hall–Kier alpha value is -0.540. The lowest BCUT2D eigenvalue weighted by atomic mass is 10.3. The number of nitrogens with zero attached hydrogens (tertiary/aromatic N) is 2. The number of hydrogen-bond acceptors (Lipinski definition) is 2. The maximum atomic E-state index is 6.12. The van der Waals surface area contributed by atoms with Crippen LogP contribution in [0.25, 0.3) is 0 Å². The molecule has 78 valence electrons. The van der Waals surface area contributed by atoms with Gasteiger partial charge in [-0.2, -0.15) is 5.10 Å². The van der Waals surface area contributed by atoms with Crippen molar-refractivity contribution in [3.05, 3.63) is 16.4 Å². The van der Waals surface area contributed by atoms with Gasteiger partial charge in [0.1, 0.15) is 0 Å². The summed E-state index contributed by atoms with van der Waals surface area (Å²) in [5.41, 5.74) is 2.00. The monoisotopic (exact) mass is 213 g/mol. The molecule has 0 bridgehead atoms. The highest BCUT2D eigenvalue weighted by molar-refractivity contribution is 6.31. The number of halogens is 1. The van der Waals surface area contributed by atoms with Crippen molar-refractivity contribution >= 4 is 11.6 Å².